The van der Waals surface area contributed by atoms with Crippen LogP contribution in [0.1, 0.15) is 13.8 Å². The molecule has 20 heavy (non-hydrogen) atoms. The van der Waals surface area contributed by atoms with E-state index in [0.29, 0.717) is 0 Å². The molecule has 0 fully saturated rings. The van der Waals surface area contributed by atoms with Gasteiger partial charge >= 0.3 is 0 Å². The van der Waals surface area contributed by atoms with E-state index in [9.17, 15) is 16.8 Å². The number of nitrogens with two attached hydrogens (primary N) is 1. The molecule has 114 valence electrons. The Morgan fingerprint density at radius 1 is 1.20 bits per heavy atom. The summed E-state index contributed by atoms with van der Waals surface area (Å²) in [6.07, 6.45) is 1.01. The van der Waals surface area contributed by atoms with Crippen LogP contribution in [-0.2, 0) is 19.9 Å². The zero-order valence-corrected chi connectivity index (χ0v) is 13.2. The van der Waals surface area contributed by atoms with Crippen LogP contribution >= 0.6 is 0 Å². The molecule has 1 aromatic carbocycles. The van der Waals surface area contributed by atoms with Gasteiger partial charge < -0.3 is 5.43 Å². The Morgan fingerprint density at radius 3 is 2.25 bits per heavy atom. The van der Waals surface area contributed by atoms with Gasteiger partial charge in [0, 0.05) is 12.8 Å². The van der Waals surface area contributed by atoms with Crippen molar-refractivity contribution >= 4 is 25.5 Å². The molecule has 0 spiro atoms. The van der Waals surface area contributed by atoms with Crippen LogP contribution in [0.4, 0.5) is 5.69 Å². The van der Waals surface area contributed by atoms with Gasteiger partial charge in [0.2, 0.25) is 10.0 Å². The van der Waals surface area contributed by atoms with Crippen molar-refractivity contribution in [2.75, 3.05) is 18.2 Å². The van der Waals surface area contributed by atoms with E-state index >= 15 is 0 Å². The topological polar surface area (TPSA) is 118 Å². The molecular formula is C11H19N3O4S2. The first-order valence-corrected chi connectivity index (χ1v) is 9.26. The van der Waals surface area contributed by atoms with Crippen molar-refractivity contribution in [3.63, 3.8) is 0 Å². The van der Waals surface area contributed by atoms with Gasteiger partial charge in [-0.1, -0.05) is 13.8 Å². The van der Waals surface area contributed by atoms with E-state index in [-0.39, 0.29) is 27.9 Å². The van der Waals surface area contributed by atoms with Gasteiger partial charge in [0.25, 0.3) is 0 Å². The first-order chi connectivity index (χ1) is 9.08. The number of nitrogen functional groups attached to an aromatic ring is 1. The second kappa shape index (κ2) is 6.08. The van der Waals surface area contributed by atoms with Crippen LogP contribution in [0.15, 0.2) is 28.0 Å². The van der Waals surface area contributed by atoms with Gasteiger partial charge in [-0.05, 0) is 24.1 Å². The zero-order chi connectivity index (χ0) is 15.6. The van der Waals surface area contributed by atoms with Gasteiger partial charge in [-0.15, -0.1) is 0 Å². The average molecular weight is 321 g/mol. The van der Waals surface area contributed by atoms with E-state index in [0.717, 1.165) is 12.3 Å². The fourth-order valence-electron chi connectivity index (χ4n) is 1.43. The lowest BCUT2D eigenvalue weighted by Crippen LogP contribution is -2.29. The minimum absolute atomic E-state index is 0.0820. The van der Waals surface area contributed by atoms with Crippen molar-refractivity contribution in [3.05, 3.63) is 18.2 Å². The molecule has 0 aliphatic heterocycles. The first kappa shape index (κ1) is 16.9. The minimum atomic E-state index is -3.84. The summed E-state index contributed by atoms with van der Waals surface area (Å²) >= 11 is 0. The maximum absolute atomic E-state index is 12.2. The highest BCUT2D eigenvalue weighted by atomic mass is 32.2. The van der Waals surface area contributed by atoms with E-state index < -0.39 is 19.9 Å². The average Bonchev–Trinajstić information content (AvgIpc) is 2.34. The standard InChI is InChI=1S/C11H19N3O4S2/c1-8(2)7-13-20(17,18)11-6-9(19(3,15)16)4-5-10(11)14-12/h4-6,8,13-14H,7,12H2,1-3H3. The molecule has 0 radical (unpaired) electrons. The van der Waals surface area contributed by atoms with Gasteiger partial charge in [0.15, 0.2) is 9.84 Å². The number of hydrogen-bond acceptors (Lipinski definition) is 6. The molecule has 0 saturated carbocycles. The van der Waals surface area contributed by atoms with Crippen molar-refractivity contribution in [1.29, 1.82) is 0 Å². The fraction of sp³-hybridized carbons (Fsp3) is 0.455. The Bertz CT molecular complexity index is 682. The summed E-state index contributed by atoms with van der Waals surface area (Å²) < 4.78 is 49.8. The molecule has 7 nitrogen and oxygen atoms in total. The first-order valence-electron chi connectivity index (χ1n) is 5.88. The van der Waals surface area contributed by atoms with Crippen LogP contribution in [-0.4, -0.2) is 29.6 Å². The lowest BCUT2D eigenvalue weighted by molar-refractivity contribution is 0.560. The van der Waals surface area contributed by atoms with E-state index in [2.05, 4.69) is 10.1 Å². The Morgan fingerprint density at radius 2 is 1.80 bits per heavy atom. The van der Waals surface area contributed by atoms with Crippen molar-refractivity contribution in [2.24, 2.45) is 11.8 Å². The summed E-state index contributed by atoms with van der Waals surface area (Å²) in [5, 5.41) is 0. The molecule has 0 atom stereocenters. The summed E-state index contributed by atoms with van der Waals surface area (Å²) in [7, 11) is -7.34. The number of nitrogens with one attached hydrogen (secondary N) is 2. The highest BCUT2D eigenvalue weighted by molar-refractivity contribution is 7.91. The van der Waals surface area contributed by atoms with E-state index in [1.54, 1.807) is 0 Å². The Hall–Kier alpha value is -1.16. The SMILES string of the molecule is CC(C)CNS(=O)(=O)c1cc(S(C)(=O)=O)ccc1NN. The van der Waals surface area contributed by atoms with Crippen LogP contribution in [0.5, 0.6) is 0 Å². The number of sulfone groups is 1. The molecule has 0 bridgehead atoms. The van der Waals surface area contributed by atoms with Crippen molar-refractivity contribution in [3.8, 4) is 0 Å². The summed E-state index contributed by atoms with van der Waals surface area (Å²) in [5.74, 6) is 5.39. The maximum atomic E-state index is 12.2. The third kappa shape index (κ3) is 4.17. The molecule has 0 heterocycles. The quantitative estimate of drug-likeness (QED) is 0.512. The predicted molar refractivity (Wildman–Crippen MR) is 77.4 cm³/mol. The predicted octanol–water partition coefficient (Wildman–Crippen LogP) is 0.310. The van der Waals surface area contributed by atoms with Crippen LogP contribution in [0, 0.1) is 5.92 Å². The second-order valence-corrected chi connectivity index (χ2v) is 8.57. The number of benzene rings is 1. The van der Waals surface area contributed by atoms with Gasteiger partial charge in [-0.25, -0.2) is 21.6 Å². The second-order valence-electron chi connectivity index (χ2n) is 4.82. The summed E-state index contributed by atoms with van der Waals surface area (Å²) in [5.41, 5.74) is 2.39. The summed E-state index contributed by atoms with van der Waals surface area (Å²) in [6.45, 7) is 3.96. The van der Waals surface area contributed by atoms with Crippen LogP contribution in [0.25, 0.3) is 0 Å². The normalized spacial score (nSPS) is 12.7. The van der Waals surface area contributed by atoms with Crippen molar-refractivity contribution < 1.29 is 16.8 Å². The monoisotopic (exact) mass is 321 g/mol. The van der Waals surface area contributed by atoms with E-state index in [1.807, 2.05) is 13.8 Å². The largest absolute Gasteiger partial charge is 0.323 e. The molecule has 0 unspecified atom stereocenters. The minimum Gasteiger partial charge on any atom is -0.323 e. The van der Waals surface area contributed by atoms with Gasteiger partial charge in [0.1, 0.15) is 4.90 Å². The van der Waals surface area contributed by atoms with Gasteiger partial charge in [-0.2, -0.15) is 0 Å². The molecule has 0 aromatic heterocycles. The number of sulfonamides is 1. The fourth-order valence-corrected chi connectivity index (χ4v) is 3.56. The van der Waals surface area contributed by atoms with E-state index in [1.165, 1.54) is 12.1 Å². The molecular weight excluding hydrogens is 302 g/mol. The third-order valence-electron chi connectivity index (χ3n) is 2.51. The highest BCUT2D eigenvalue weighted by Gasteiger charge is 2.21. The van der Waals surface area contributed by atoms with Crippen LogP contribution in [0.2, 0.25) is 0 Å². The van der Waals surface area contributed by atoms with Crippen LogP contribution in [0.3, 0.4) is 0 Å². The molecule has 0 amide bonds. The molecule has 4 N–H and O–H groups in total. The molecule has 0 aliphatic carbocycles. The lowest BCUT2D eigenvalue weighted by Gasteiger charge is -2.13. The smallest absolute Gasteiger partial charge is 0.242 e. The van der Waals surface area contributed by atoms with E-state index in [4.69, 9.17) is 5.84 Å². The highest BCUT2D eigenvalue weighted by Crippen LogP contribution is 2.24. The Labute approximate surface area is 119 Å². The Kier molecular flexibility index (Phi) is 5.14. The molecule has 0 aliphatic rings. The molecule has 9 heteroatoms. The Balaban J connectivity index is 3.34. The molecule has 1 aromatic rings. The number of anilines is 1. The summed E-state index contributed by atoms with van der Waals surface area (Å²) in [6, 6.07) is 3.71. The van der Waals surface area contributed by atoms with Crippen LogP contribution < -0.4 is 16.0 Å². The summed E-state index contributed by atoms with van der Waals surface area (Å²) in [4.78, 5) is -0.273. The number of hydrogen-bond donors (Lipinski definition) is 3. The number of hydrazine groups is 1. The van der Waals surface area contributed by atoms with Gasteiger partial charge in [0.05, 0.1) is 10.6 Å². The molecule has 1 rings (SSSR count). The lowest BCUT2D eigenvalue weighted by atomic mass is 10.2. The third-order valence-corrected chi connectivity index (χ3v) is 5.08. The van der Waals surface area contributed by atoms with Crippen molar-refractivity contribution in [1.82, 2.24) is 4.72 Å². The maximum Gasteiger partial charge on any atom is 0.242 e. The number of rotatable bonds is 6. The zero-order valence-electron chi connectivity index (χ0n) is 11.5. The van der Waals surface area contributed by atoms with Gasteiger partial charge in [-0.3, -0.25) is 5.84 Å². The van der Waals surface area contributed by atoms with Crippen molar-refractivity contribution in [2.45, 2.75) is 23.6 Å². The molecule has 0 saturated heterocycles.